The predicted molar refractivity (Wildman–Crippen MR) is 88.2 cm³/mol. The molecule has 0 fully saturated rings. The van der Waals surface area contributed by atoms with Gasteiger partial charge in [-0.25, -0.2) is 0 Å². The van der Waals surface area contributed by atoms with Crippen LogP contribution < -0.4 is 0 Å². The molecule has 0 rings (SSSR count). The average Bonchev–Trinajstić information content (AvgIpc) is 2.43. The van der Waals surface area contributed by atoms with Gasteiger partial charge in [0.15, 0.2) is 0 Å². The molecule has 1 atom stereocenters. The van der Waals surface area contributed by atoms with Gasteiger partial charge in [0, 0.05) is 13.2 Å². The standard InChI is InChI=1S/C18H38O2/c1-3-4-5-6-7-8-9-10-11-12-13-14-16-20-17-15-18(2)19/h18-19H,3-17H2,1-2H3/t18-/m1/s1. The van der Waals surface area contributed by atoms with E-state index in [1.807, 2.05) is 6.92 Å². The first kappa shape index (κ1) is 19.9. The lowest BCUT2D eigenvalue weighted by Crippen LogP contribution is -2.06. The predicted octanol–water partition coefficient (Wildman–Crippen LogP) is 5.48. The minimum absolute atomic E-state index is 0.225. The molecule has 0 heterocycles. The highest BCUT2D eigenvalue weighted by Gasteiger charge is 1.96. The van der Waals surface area contributed by atoms with E-state index in [2.05, 4.69) is 6.92 Å². The number of hydrogen-bond donors (Lipinski definition) is 1. The molecule has 0 aliphatic carbocycles. The van der Waals surface area contributed by atoms with E-state index in [-0.39, 0.29) is 6.10 Å². The summed E-state index contributed by atoms with van der Waals surface area (Å²) in [6.07, 6.45) is 17.1. The van der Waals surface area contributed by atoms with Crippen molar-refractivity contribution in [2.24, 2.45) is 0 Å². The molecular weight excluding hydrogens is 248 g/mol. The second kappa shape index (κ2) is 17.0. The first-order chi connectivity index (χ1) is 9.77. The molecule has 0 aromatic heterocycles. The SMILES string of the molecule is CCCCCCCCCCCCCCOCC[C@@H](C)O. The molecular formula is C18H38O2. The second-order valence-corrected chi connectivity index (χ2v) is 6.14. The Bertz CT molecular complexity index is 169. The Balaban J connectivity index is 2.92. The largest absolute Gasteiger partial charge is 0.393 e. The molecule has 0 aliphatic rings. The van der Waals surface area contributed by atoms with Gasteiger partial charge in [-0.3, -0.25) is 0 Å². The van der Waals surface area contributed by atoms with Gasteiger partial charge in [0.1, 0.15) is 0 Å². The number of aliphatic hydroxyl groups is 1. The second-order valence-electron chi connectivity index (χ2n) is 6.14. The fourth-order valence-corrected chi connectivity index (χ4v) is 2.40. The van der Waals surface area contributed by atoms with Gasteiger partial charge < -0.3 is 9.84 Å². The zero-order valence-electron chi connectivity index (χ0n) is 14.0. The summed E-state index contributed by atoms with van der Waals surface area (Å²) in [6, 6.07) is 0. The lowest BCUT2D eigenvalue weighted by atomic mass is 10.1. The molecule has 0 radical (unpaired) electrons. The molecule has 0 amide bonds. The summed E-state index contributed by atoms with van der Waals surface area (Å²) in [5.74, 6) is 0. The van der Waals surface area contributed by atoms with Crippen LogP contribution >= 0.6 is 0 Å². The fraction of sp³-hybridized carbons (Fsp3) is 1.00. The molecule has 0 unspecified atom stereocenters. The maximum Gasteiger partial charge on any atom is 0.0534 e. The number of aliphatic hydroxyl groups excluding tert-OH is 1. The summed E-state index contributed by atoms with van der Waals surface area (Å²) < 4.78 is 5.48. The first-order valence-corrected chi connectivity index (χ1v) is 9.03. The van der Waals surface area contributed by atoms with Gasteiger partial charge in [-0.1, -0.05) is 77.6 Å². The van der Waals surface area contributed by atoms with Crippen molar-refractivity contribution < 1.29 is 9.84 Å². The maximum atomic E-state index is 9.08. The highest BCUT2D eigenvalue weighted by Crippen LogP contribution is 2.11. The van der Waals surface area contributed by atoms with Gasteiger partial charge in [-0.05, 0) is 19.8 Å². The van der Waals surface area contributed by atoms with E-state index < -0.39 is 0 Å². The summed E-state index contributed by atoms with van der Waals surface area (Å²) in [6.45, 7) is 5.66. The number of rotatable bonds is 16. The lowest BCUT2D eigenvalue weighted by Gasteiger charge is -2.06. The third-order valence-corrected chi connectivity index (χ3v) is 3.82. The number of ether oxygens (including phenoxy) is 1. The molecule has 0 aliphatic heterocycles. The minimum atomic E-state index is -0.225. The van der Waals surface area contributed by atoms with Gasteiger partial charge in [0.25, 0.3) is 0 Å². The highest BCUT2D eigenvalue weighted by molar-refractivity contribution is 4.49. The molecule has 2 heteroatoms. The van der Waals surface area contributed by atoms with Gasteiger partial charge in [-0.2, -0.15) is 0 Å². The molecule has 2 nitrogen and oxygen atoms in total. The van der Waals surface area contributed by atoms with Crippen LogP contribution in [0, 0.1) is 0 Å². The Kier molecular flexibility index (Phi) is 16.9. The minimum Gasteiger partial charge on any atom is -0.393 e. The van der Waals surface area contributed by atoms with Crippen molar-refractivity contribution in [2.75, 3.05) is 13.2 Å². The van der Waals surface area contributed by atoms with Gasteiger partial charge >= 0.3 is 0 Å². The molecule has 20 heavy (non-hydrogen) atoms. The van der Waals surface area contributed by atoms with Crippen LogP contribution in [0.2, 0.25) is 0 Å². The lowest BCUT2D eigenvalue weighted by molar-refractivity contribution is 0.0870. The molecule has 0 aromatic carbocycles. The quantitative estimate of drug-likeness (QED) is 0.381. The third kappa shape index (κ3) is 17.9. The monoisotopic (exact) mass is 286 g/mol. The Morgan fingerprint density at radius 2 is 1.15 bits per heavy atom. The summed E-state index contributed by atoms with van der Waals surface area (Å²) in [4.78, 5) is 0. The molecule has 122 valence electrons. The van der Waals surface area contributed by atoms with E-state index in [1.54, 1.807) is 0 Å². The highest BCUT2D eigenvalue weighted by atomic mass is 16.5. The summed E-state index contributed by atoms with van der Waals surface area (Å²) in [7, 11) is 0. The maximum absolute atomic E-state index is 9.08. The summed E-state index contributed by atoms with van der Waals surface area (Å²) in [5.41, 5.74) is 0. The molecule has 0 saturated heterocycles. The number of unbranched alkanes of at least 4 members (excludes halogenated alkanes) is 11. The van der Waals surface area contributed by atoms with Crippen LogP contribution in [0.1, 0.15) is 97.3 Å². The van der Waals surface area contributed by atoms with Crippen molar-refractivity contribution in [1.82, 2.24) is 0 Å². The topological polar surface area (TPSA) is 29.5 Å². The molecule has 0 bridgehead atoms. The summed E-state index contributed by atoms with van der Waals surface area (Å²) >= 11 is 0. The van der Waals surface area contributed by atoms with Crippen LogP contribution in [-0.2, 0) is 4.74 Å². The normalized spacial score (nSPS) is 12.8. The summed E-state index contributed by atoms with van der Waals surface area (Å²) in [5, 5.41) is 9.08. The van der Waals surface area contributed by atoms with Crippen LogP contribution in [0.4, 0.5) is 0 Å². The van der Waals surface area contributed by atoms with Crippen LogP contribution in [0.3, 0.4) is 0 Å². The van der Waals surface area contributed by atoms with Gasteiger partial charge in [-0.15, -0.1) is 0 Å². The van der Waals surface area contributed by atoms with Crippen LogP contribution in [0.25, 0.3) is 0 Å². The van der Waals surface area contributed by atoms with Gasteiger partial charge in [0.2, 0.25) is 0 Å². The van der Waals surface area contributed by atoms with Crippen molar-refractivity contribution in [3.05, 3.63) is 0 Å². The Labute approximate surface area is 127 Å². The van der Waals surface area contributed by atoms with Crippen molar-refractivity contribution in [3.63, 3.8) is 0 Å². The molecule has 0 saturated carbocycles. The van der Waals surface area contributed by atoms with Crippen molar-refractivity contribution >= 4 is 0 Å². The van der Waals surface area contributed by atoms with E-state index in [0.717, 1.165) is 13.0 Å². The zero-order chi connectivity index (χ0) is 14.9. The smallest absolute Gasteiger partial charge is 0.0534 e. The Morgan fingerprint density at radius 1 is 0.700 bits per heavy atom. The van der Waals surface area contributed by atoms with E-state index in [1.165, 1.54) is 77.0 Å². The average molecular weight is 286 g/mol. The van der Waals surface area contributed by atoms with Crippen LogP contribution in [0.5, 0.6) is 0 Å². The van der Waals surface area contributed by atoms with Crippen LogP contribution in [-0.4, -0.2) is 24.4 Å². The first-order valence-electron chi connectivity index (χ1n) is 9.03. The van der Waals surface area contributed by atoms with E-state index in [4.69, 9.17) is 9.84 Å². The molecule has 1 N–H and O–H groups in total. The van der Waals surface area contributed by atoms with Crippen LogP contribution in [0.15, 0.2) is 0 Å². The van der Waals surface area contributed by atoms with E-state index >= 15 is 0 Å². The Morgan fingerprint density at radius 3 is 1.60 bits per heavy atom. The van der Waals surface area contributed by atoms with Gasteiger partial charge in [0.05, 0.1) is 6.10 Å². The van der Waals surface area contributed by atoms with Crippen molar-refractivity contribution in [3.8, 4) is 0 Å². The molecule has 0 aromatic rings. The van der Waals surface area contributed by atoms with Crippen molar-refractivity contribution in [1.29, 1.82) is 0 Å². The molecule has 0 spiro atoms. The fourth-order valence-electron chi connectivity index (χ4n) is 2.40. The number of hydrogen-bond acceptors (Lipinski definition) is 2. The van der Waals surface area contributed by atoms with Crippen molar-refractivity contribution in [2.45, 2.75) is 103 Å². The van der Waals surface area contributed by atoms with E-state index in [0.29, 0.717) is 6.61 Å². The zero-order valence-corrected chi connectivity index (χ0v) is 14.0. The third-order valence-electron chi connectivity index (χ3n) is 3.82. The Hall–Kier alpha value is -0.0800. The van der Waals surface area contributed by atoms with E-state index in [9.17, 15) is 0 Å².